The third kappa shape index (κ3) is 3.00. The van der Waals surface area contributed by atoms with Crippen LogP contribution in [0.15, 0.2) is 30.3 Å². The van der Waals surface area contributed by atoms with Gasteiger partial charge in [-0.15, -0.1) is 0 Å². The van der Waals surface area contributed by atoms with Gasteiger partial charge in [-0.3, -0.25) is 9.69 Å². The first kappa shape index (κ1) is 22.2. The molecule has 2 aliphatic heterocycles. The topological polar surface area (TPSA) is 82.0 Å². The predicted octanol–water partition coefficient (Wildman–Crippen LogP) is 4.06. The molecule has 7 rings (SSSR count). The molecule has 1 spiro atoms. The number of likely N-dealkylation sites (tertiary alicyclic amines) is 1. The van der Waals surface area contributed by atoms with Crippen molar-refractivity contribution in [2.75, 3.05) is 13.1 Å². The summed E-state index contributed by atoms with van der Waals surface area (Å²) in [5, 5.41) is 27.1. The smallest absolute Gasteiger partial charge is 0.251 e. The van der Waals surface area contributed by atoms with E-state index in [1.807, 2.05) is 6.07 Å². The monoisotopic (exact) mass is 514 g/mol. The summed E-state index contributed by atoms with van der Waals surface area (Å²) in [7, 11) is 0. The van der Waals surface area contributed by atoms with Gasteiger partial charge in [-0.2, -0.15) is 0 Å². The van der Waals surface area contributed by atoms with Gasteiger partial charge in [0.15, 0.2) is 11.5 Å². The van der Waals surface area contributed by atoms with Crippen LogP contribution >= 0.6 is 23.2 Å². The Hall–Kier alpha value is -1.99. The van der Waals surface area contributed by atoms with E-state index in [4.69, 9.17) is 27.9 Å². The van der Waals surface area contributed by atoms with Crippen molar-refractivity contribution >= 4 is 29.1 Å². The minimum Gasteiger partial charge on any atom is -0.504 e. The van der Waals surface area contributed by atoms with Crippen molar-refractivity contribution < 1.29 is 19.7 Å². The molecule has 8 heteroatoms. The molecule has 3 N–H and O–H groups in total. The average Bonchev–Trinajstić information content (AvgIpc) is 3.57. The highest BCUT2D eigenvalue weighted by atomic mass is 35.5. The molecule has 2 saturated carbocycles. The lowest BCUT2D eigenvalue weighted by Gasteiger charge is -2.64. The molecule has 5 aliphatic rings. The Bertz CT molecular complexity index is 1250. The SMILES string of the molecule is O=C(N[C@@H]1CC[C@@]2(O)[C@H]3Cc4ccc(O)c5c4[C@@]2(CCN3CC2CC2)[C@H]1O5)c1ccc(Cl)c(Cl)c1. The molecule has 3 fully saturated rings. The summed E-state index contributed by atoms with van der Waals surface area (Å²) >= 11 is 12.2. The number of piperidine rings is 1. The van der Waals surface area contributed by atoms with Gasteiger partial charge >= 0.3 is 0 Å². The largest absolute Gasteiger partial charge is 0.504 e. The molecule has 0 radical (unpaired) electrons. The molecule has 3 aliphatic carbocycles. The second-order valence-corrected chi connectivity index (χ2v) is 11.9. The Kier molecular flexibility index (Phi) is 4.77. The molecule has 2 bridgehead atoms. The van der Waals surface area contributed by atoms with Crippen LogP contribution in [0.1, 0.15) is 53.6 Å². The van der Waals surface area contributed by atoms with Gasteiger partial charge in [-0.05, 0) is 80.8 Å². The number of phenolic OH excluding ortho intramolecular Hbond substituents is 1. The fraction of sp³-hybridized carbons (Fsp3) is 0.519. The van der Waals surface area contributed by atoms with Crippen LogP contribution in [0.25, 0.3) is 0 Å². The first-order chi connectivity index (χ1) is 16.8. The molecule has 2 aromatic rings. The van der Waals surface area contributed by atoms with Crippen LogP contribution in [0, 0.1) is 5.92 Å². The maximum Gasteiger partial charge on any atom is 0.251 e. The van der Waals surface area contributed by atoms with Crippen molar-refractivity contribution in [3.05, 3.63) is 57.1 Å². The number of hydrogen-bond acceptors (Lipinski definition) is 5. The highest BCUT2D eigenvalue weighted by Gasteiger charge is 2.73. The van der Waals surface area contributed by atoms with Crippen LogP contribution in [-0.4, -0.2) is 57.9 Å². The average molecular weight is 515 g/mol. The van der Waals surface area contributed by atoms with Crippen LogP contribution < -0.4 is 10.1 Å². The van der Waals surface area contributed by atoms with Crippen LogP contribution in [0.4, 0.5) is 0 Å². The third-order valence-electron chi connectivity index (χ3n) is 9.26. The number of phenols is 1. The van der Waals surface area contributed by atoms with Crippen molar-refractivity contribution in [2.24, 2.45) is 5.92 Å². The maximum absolute atomic E-state index is 13.2. The molecule has 5 atom stereocenters. The second kappa shape index (κ2) is 7.51. The number of aliphatic hydroxyl groups is 1. The number of carbonyl (C=O) groups is 1. The summed E-state index contributed by atoms with van der Waals surface area (Å²) in [6, 6.07) is 8.23. The summed E-state index contributed by atoms with van der Waals surface area (Å²) in [6.45, 7) is 1.91. The molecule has 0 unspecified atom stereocenters. The van der Waals surface area contributed by atoms with Gasteiger partial charge in [0, 0.05) is 23.7 Å². The summed E-state index contributed by atoms with van der Waals surface area (Å²) in [5.74, 6) is 1.07. The number of carbonyl (C=O) groups excluding carboxylic acids is 1. The summed E-state index contributed by atoms with van der Waals surface area (Å²) in [6.07, 6.45) is 4.74. The Morgan fingerprint density at radius 1 is 1.14 bits per heavy atom. The number of benzene rings is 2. The Balaban J connectivity index is 1.28. The lowest BCUT2D eigenvalue weighted by atomic mass is 9.48. The highest BCUT2D eigenvalue weighted by molar-refractivity contribution is 6.42. The number of ether oxygens (including phenoxy) is 1. The van der Waals surface area contributed by atoms with Crippen LogP contribution in [0.5, 0.6) is 11.5 Å². The number of aromatic hydroxyl groups is 1. The van der Waals surface area contributed by atoms with E-state index in [0.29, 0.717) is 34.2 Å². The zero-order valence-corrected chi connectivity index (χ0v) is 20.8. The number of hydrogen-bond donors (Lipinski definition) is 3. The molecular formula is C27H28Cl2N2O4. The van der Waals surface area contributed by atoms with E-state index in [0.717, 1.165) is 43.0 Å². The highest BCUT2D eigenvalue weighted by Crippen LogP contribution is 2.65. The number of rotatable bonds is 4. The molecular weight excluding hydrogens is 487 g/mol. The van der Waals surface area contributed by atoms with E-state index >= 15 is 0 Å². The van der Waals surface area contributed by atoms with Crippen molar-refractivity contribution in [3.63, 3.8) is 0 Å². The lowest BCUT2D eigenvalue weighted by Crippen LogP contribution is -2.78. The van der Waals surface area contributed by atoms with Gasteiger partial charge < -0.3 is 20.3 Å². The molecule has 6 nitrogen and oxygen atoms in total. The van der Waals surface area contributed by atoms with E-state index in [2.05, 4.69) is 10.2 Å². The number of nitrogens with zero attached hydrogens (tertiary/aromatic N) is 1. The van der Waals surface area contributed by atoms with Crippen LogP contribution in [-0.2, 0) is 11.8 Å². The number of amides is 1. The van der Waals surface area contributed by atoms with E-state index in [-0.39, 0.29) is 23.7 Å². The number of nitrogens with one attached hydrogen (secondary N) is 1. The second-order valence-electron chi connectivity index (χ2n) is 11.0. The molecule has 35 heavy (non-hydrogen) atoms. The fourth-order valence-electron chi connectivity index (χ4n) is 7.52. The van der Waals surface area contributed by atoms with Crippen molar-refractivity contribution in [1.82, 2.24) is 10.2 Å². The standard InChI is InChI=1S/C27H28Cl2N2O4/c28-17-5-3-16(11-18(17)29)25(33)30-19-7-8-27(34)21-12-15-4-6-20(32)23-22(15)26(27,24(19)35-23)9-10-31(21)13-14-1-2-14/h3-6,11,14,19,21,24,32,34H,1-2,7-10,12-13H2,(H,30,33)/t19-,21-,24+,26+,27-/m1/s1. The predicted molar refractivity (Wildman–Crippen MR) is 133 cm³/mol. The van der Waals surface area contributed by atoms with Crippen molar-refractivity contribution in [1.29, 1.82) is 0 Å². The molecule has 184 valence electrons. The van der Waals surface area contributed by atoms with Gasteiger partial charge in [0.25, 0.3) is 5.91 Å². The van der Waals surface area contributed by atoms with Gasteiger partial charge in [0.2, 0.25) is 0 Å². The van der Waals surface area contributed by atoms with Crippen molar-refractivity contribution in [2.45, 2.75) is 67.7 Å². The van der Waals surface area contributed by atoms with Gasteiger partial charge in [0.1, 0.15) is 6.10 Å². The summed E-state index contributed by atoms with van der Waals surface area (Å²) in [5.41, 5.74) is 0.903. The van der Waals surface area contributed by atoms with E-state index < -0.39 is 17.1 Å². The Morgan fingerprint density at radius 2 is 1.97 bits per heavy atom. The zero-order valence-electron chi connectivity index (χ0n) is 19.3. The van der Waals surface area contributed by atoms with Crippen molar-refractivity contribution in [3.8, 4) is 11.5 Å². The minimum atomic E-state index is -0.971. The van der Waals surface area contributed by atoms with E-state index in [9.17, 15) is 15.0 Å². The quantitative estimate of drug-likeness (QED) is 0.573. The summed E-state index contributed by atoms with van der Waals surface area (Å²) < 4.78 is 6.51. The lowest BCUT2D eigenvalue weighted by molar-refractivity contribution is -0.191. The molecule has 1 saturated heterocycles. The van der Waals surface area contributed by atoms with E-state index in [1.54, 1.807) is 24.3 Å². The molecule has 2 heterocycles. The summed E-state index contributed by atoms with van der Waals surface area (Å²) in [4.78, 5) is 15.7. The fourth-order valence-corrected chi connectivity index (χ4v) is 7.82. The molecule has 2 aromatic carbocycles. The van der Waals surface area contributed by atoms with Gasteiger partial charge in [0.05, 0.1) is 27.1 Å². The zero-order chi connectivity index (χ0) is 24.1. The maximum atomic E-state index is 13.2. The Morgan fingerprint density at radius 3 is 2.74 bits per heavy atom. The Labute approximate surface area is 214 Å². The third-order valence-corrected chi connectivity index (χ3v) is 10.00. The van der Waals surface area contributed by atoms with Crippen LogP contribution in [0.2, 0.25) is 10.0 Å². The van der Waals surface area contributed by atoms with Gasteiger partial charge in [-0.1, -0.05) is 29.3 Å². The van der Waals surface area contributed by atoms with Gasteiger partial charge in [-0.25, -0.2) is 0 Å². The minimum absolute atomic E-state index is 0.0117. The first-order valence-corrected chi connectivity index (χ1v) is 13.3. The molecule has 1 amide bonds. The van der Waals surface area contributed by atoms with E-state index in [1.165, 1.54) is 12.8 Å². The first-order valence-electron chi connectivity index (χ1n) is 12.6. The van der Waals surface area contributed by atoms with Crippen LogP contribution in [0.3, 0.4) is 0 Å². The normalized spacial score (nSPS) is 34.8. The molecule has 0 aromatic heterocycles. The number of halogens is 2.